The van der Waals surface area contributed by atoms with Gasteiger partial charge in [-0.05, 0) is 39.2 Å². The van der Waals surface area contributed by atoms with Crippen molar-refractivity contribution >= 4 is 11.9 Å². The van der Waals surface area contributed by atoms with Crippen molar-refractivity contribution in [1.82, 2.24) is 25.1 Å². The molecule has 0 bridgehead atoms. The molecule has 0 radical (unpaired) electrons. The van der Waals surface area contributed by atoms with Crippen LogP contribution in [0.1, 0.15) is 59.9 Å². The van der Waals surface area contributed by atoms with Crippen molar-refractivity contribution in [3.8, 4) is 0 Å². The fourth-order valence-corrected chi connectivity index (χ4v) is 2.92. The van der Waals surface area contributed by atoms with E-state index in [-0.39, 0.29) is 17.9 Å². The van der Waals surface area contributed by atoms with E-state index in [0.29, 0.717) is 11.6 Å². The van der Waals surface area contributed by atoms with Gasteiger partial charge in [0.15, 0.2) is 0 Å². The van der Waals surface area contributed by atoms with Crippen molar-refractivity contribution in [1.29, 1.82) is 0 Å². The molecule has 2 aromatic rings. The fraction of sp³-hybridized carbons (Fsp3) is 0.529. The Morgan fingerprint density at radius 1 is 1.29 bits per heavy atom. The molecule has 0 aliphatic heterocycles. The maximum atomic E-state index is 12.6. The maximum absolute atomic E-state index is 12.6. The number of hydrogen-bond acceptors (Lipinski definition) is 5. The minimum absolute atomic E-state index is 0.125. The first kappa shape index (κ1) is 17.9. The Morgan fingerprint density at radius 3 is 2.50 bits per heavy atom. The molecule has 2 heterocycles. The molecule has 0 aromatic carbocycles. The number of rotatable bonds is 5. The Balaban J connectivity index is 2.21. The normalized spacial score (nSPS) is 12.5. The molecule has 3 N–H and O–H groups in total. The van der Waals surface area contributed by atoms with Crippen LogP contribution in [0.2, 0.25) is 0 Å². The number of nitrogens with zero attached hydrogens (tertiary/aromatic N) is 4. The van der Waals surface area contributed by atoms with Gasteiger partial charge in [0, 0.05) is 24.0 Å². The molecule has 0 aliphatic carbocycles. The van der Waals surface area contributed by atoms with Gasteiger partial charge in [-0.3, -0.25) is 9.48 Å². The van der Waals surface area contributed by atoms with Gasteiger partial charge in [-0.25, -0.2) is 9.97 Å². The van der Waals surface area contributed by atoms with E-state index in [4.69, 9.17) is 5.73 Å². The first-order chi connectivity index (χ1) is 11.2. The van der Waals surface area contributed by atoms with Crippen LogP contribution in [-0.2, 0) is 13.5 Å². The van der Waals surface area contributed by atoms with Crippen LogP contribution in [-0.4, -0.2) is 25.7 Å². The largest absolute Gasteiger partial charge is 0.368 e. The lowest BCUT2D eigenvalue weighted by molar-refractivity contribution is 0.0934. The van der Waals surface area contributed by atoms with Crippen LogP contribution >= 0.6 is 0 Å². The van der Waals surface area contributed by atoms with Crippen LogP contribution in [0.15, 0.2) is 6.07 Å². The van der Waals surface area contributed by atoms with E-state index < -0.39 is 0 Å². The second-order valence-corrected chi connectivity index (χ2v) is 6.60. The van der Waals surface area contributed by atoms with Crippen molar-refractivity contribution in [2.75, 3.05) is 5.73 Å². The molecular formula is C17H26N6O. The van der Waals surface area contributed by atoms with Crippen LogP contribution in [0, 0.1) is 19.8 Å². The lowest BCUT2D eigenvalue weighted by atomic mass is 10.1. The van der Waals surface area contributed by atoms with Gasteiger partial charge in [0.2, 0.25) is 5.95 Å². The van der Waals surface area contributed by atoms with Crippen molar-refractivity contribution in [2.45, 2.75) is 47.1 Å². The highest BCUT2D eigenvalue weighted by molar-refractivity contribution is 5.92. The lowest BCUT2D eigenvalue weighted by Gasteiger charge is -2.15. The molecule has 2 rings (SSSR count). The Hall–Kier alpha value is -2.44. The van der Waals surface area contributed by atoms with Crippen molar-refractivity contribution in [2.24, 2.45) is 13.0 Å². The Kier molecular flexibility index (Phi) is 5.21. The monoisotopic (exact) mass is 330 g/mol. The van der Waals surface area contributed by atoms with Gasteiger partial charge in [-0.1, -0.05) is 13.8 Å². The number of carbonyl (C=O) groups is 1. The molecule has 1 amide bonds. The van der Waals surface area contributed by atoms with E-state index in [1.54, 1.807) is 6.07 Å². The summed E-state index contributed by atoms with van der Waals surface area (Å²) in [7, 11) is 1.89. The highest BCUT2D eigenvalue weighted by Gasteiger charge is 2.20. The molecule has 0 spiro atoms. The van der Waals surface area contributed by atoms with Gasteiger partial charge in [0.1, 0.15) is 5.69 Å². The number of amides is 1. The van der Waals surface area contributed by atoms with E-state index in [2.05, 4.69) is 34.2 Å². The van der Waals surface area contributed by atoms with Crippen LogP contribution in [0.4, 0.5) is 5.95 Å². The van der Waals surface area contributed by atoms with Crippen LogP contribution < -0.4 is 11.1 Å². The summed E-state index contributed by atoms with van der Waals surface area (Å²) in [6.07, 6.45) is 0.753. The predicted molar refractivity (Wildman–Crippen MR) is 93.5 cm³/mol. The van der Waals surface area contributed by atoms with E-state index in [0.717, 1.165) is 29.1 Å². The van der Waals surface area contributed by atoms with Crippen LogP contribution in [0.25, 0.3) is 0 Å². The number of aromatic nitrogens is 4. The van der Waals surface area contributed by atoms with E-state index in [9.17, 15) is 4.79 Å². The first-order valence-electron chi connectivity index (χ1n) is 8.13. The summed E-state index contributed by atoms with van der Waals surface area (Å²) in [5.41, 5.74) is 9.79. The number of nitrogens with two attached hydrogens (primary N) is 1. The summed E-state index contributed by atoms with van der Waals surface area (Å²) in [5.74, 6) is 0.291. The molecule has 2 aromatic heterocycles. The molecule has 0 aliphatic rings. The zero-order chi connectivity index (χ0) is 18.0. The Morgan fingerprint density at radius 2 is 1.96 bits per heavy atom. The maximum Gasteiger partial charge on any atom is 0.270 e. The fourth-order valence-electron chi connectivity index (χ4n) is 2.92. The highest BCUT2D eigenvalue weighted by Crippen LogP contribution is 2.21. The second-order valence-electron chi connectivity index (χ2n) is 6.60. The topological polar surface area (TPSA) is 98.7 Å². The molecule has 1 atom stereocenters. The van der Waals surface area contributed by atoms with Crippen molar-refractivity contribution in [3.05, 3.63) is 34.4 Å². The summed E-state index contributed by atoms with van der Waals surface area (Å²) in [5, 5.41) is 7.37. The molecule has 7 heteroatoms. The molecule has 0 unspecified atom stereocenters. The smallest absolute Gasteiger partial charge is 0.270 e. The predicted octanol–water partition coefficient (Wildman–Crippen LogP) is 2.10. The number of aryl methyl sites for hydroxylation is 2. The van der Waals surface area contributed by atoms with Crippen LogP contribution in [0.3, 0.4) is 0 Å². The van der Waals surface area contributed by atoms with Gasteiger partial charge in [0.05, 0.1) is 11.7 Å². The van der Waals surface area contributed by atoms with Crippen molar-refractivity contribution < 1.29 is 4.79 Å². The van der Waals surface area contributed by atoms with Gasteiger partial charge in [0.25, 0.3) is 5.91 Å². The molecule has 7 nitrogen and oxygen atoms in total. The average molecular weight is 330 g/mol. The molecular weight excluding hydrogens is 304 g/mol. The Bertz CT molecular complexity index is 750. The van der Waals surface area contributed by atoms with Gasteiger partial charge in [-0.15, -0.1) is 0 Å². The number of nitrogen functional groups attached to an aromatic ring is 1. The summed E-state index contributed by atoms with van der Waals surface area (Å²) in [6.45, 7) is 10.0. The summed E-state index contributed by atoms with van der Waals surface area (Å²) in [6, 6.07) is 1.54. The number of anilines is 1. The third-order valence-electron chi connectivity index (χ3n) is 3.99. The van der Waals surface area contributed by atoms with Gasteiger partial charge < -0.3 is 11.1 Å². The number of hydrogen-bond donors (Lipinski definition) is 2. The van der Waals surface area contributed by atoms with Gasteiger partial charge >= 0.3 is 0 Å². The van der Waals surface area contributed by atoms with Crippen molar-refractivity contribution in [3.63, 3.8) is 0 Å². The zero-order valence-electron chi connectivity index (χ0n) is 15.2. The van der Waals surface area contributed by atoms with E-state index in [1.165, 1.54) is 0 Å². The Labute approximate surface area is 142 Å². The van der Waals surface area contributed by atoms with Gasteiger partial charge in [-0.2, -0.15) is 5.10 Å². The number of carbonyl (C=O) groups excluding carboxylic acids is 1. The molecule has 0 saturated heterocycles. The molecule has 24 heavy (non-hydrogen) atoms. The van der Waals surface area contributed by atoms with E-state index in [1.807, 2.05) is 32.5 Å². The lowest BCUT2D eigenvalue weighted by Crippen LogP contribution is -2.28. The molecule has 0 saturated carbocycles. The third-order valence-corrected chi connectivity index (χ3v) is 3.99. The third kappa shape index (κ3) is 3.90. The minimum Gasteiger partial charge on any atom is -0.368 e. The quantitative estimate of drug-likeness (QED) is 0.874. The number of nitrogens with one attached hydrogen (secondary N) is 1. The molecule has 130 valence electrons. The average Bonchev–Trinajstić information content (AvgIpc) is 2.70. The first-order valence-corrected chi connectivity index (χ1v) is 8.13. The zero-order valence-corrected chi connectivity index (χ0v) is 15.2. The van der Waals surface area contributed by atoms with Crippen LogP contribution in [0.5, 0.6) is 0 Å². The second kappa shape index (κ2) is 6.98. The standard InChI is InChI=1S/C17H26N6O/c1-9(2)7-13-8-14(21-17(18)20-13)16(24)19-10(3)15-11(4)22-23(6)12(15)5/h8-10H,7H2,1-6H3,(H,19,24)(H2,18,20,21)/t10-/m1/s1. The summed E-state index contributed by atoms with van der Waals surface area (Å²) >= 11 is 0. The highest BCUT2D eigenvalue weighted by atomic mass is 16.1. The SMILES string of the molecule is Cc1nn(C)c(C)c1[C@@H](C)NC(=O)c1cc(CC(C)C)nc(N)n1. The summed E-state index contributed by atoms with van der Waals surface area (Å²) in [4.78, 5) is 20.8. The van der Waals surface area contributed by atoms with E-state index >= 15 is 0 Å². The molecule has 0 fully saturated rings. The summed E-state index contributed by atoms with van der Waals surface area (Å²) < 4.78 is 1.82. The minimum atomic E-state index is -0.260.